The van der Waals surface area contributed by atoms with Crippen molar-refractivity contribution in [1.29, 1.82) is 0 Å². The first-order chi connectivity index (χ1) is 27.9. The van der Waals surface area contributed by atoms with Crippen molar-refractivity contribution in [2.45, 2.75) is 244 Å². The highest BCUT2D eigenvalue weighted by molar-refractivity contribution is 7.47. The van der Waals surface area contributed by atoms with Crippen LogP contribution in [0.3, 0.4) is 0 Å². The van der Waals surface area contributed by atoms with Crippen LogP contribution in [0.4, 0.5) is 0 Å². The van der Waals surface area contributed by atoms with Crippen LogP contribution in [-0.2, 0) is 18.4 Å². The molecule has 0 saturated carbocycles. The topological polar surface area (TPSA) is 131 Å². The number of phosphoric ester groups is 1. The van der Waals surface area contributed by atoms with Crippen molar-refractivity contribution < 1.29 is 28.4 Å². The zero-order valence-electron chi connectivity index (χ0n) is 37.3. The third-order valence-corrected chi connectivity index (χ3v) is 11.7. The van der Waals surface area contributed by atoms with Crippen molar-refractivity contribution in [2.24, 2.45) is 5.73 Å². The molecule has 0 aromatic carbocycles. The Morgan fingerprint density at radius 2 is 0.930 bits per heavy atom. The Labute approximate surface area is 352 Å². The van der Waals surface area contributed by atoms with Crippen LogP contribution >= 0.6 is 7.82 Å². The molecule has 0 aliphatic heterocycles. The predicted octanol–water partition coefficient (Wildman–Crippen LogP) is 13.9. The number of aliphatic hydroxyl groups is 1. The summed E-state index contributed by atoms with van der Waals surface area (Å²) < 4.78 is 22.1. The summed E-state index contributed by atoms with van der Waals surface area (Å²) in [6.45, 7) is 4.12. The lowest BCUT2D eigenvalue weighted by Gasteiger charge is -2.23. The number of unbranched alkanes of at least 4 members (excludes halogenated alkanes) is 29. The van der Waals surface area contributed by atoms with Crippen LogP contribution in [0, 0.1) is 0 Å². The van der Waals surface area contributed by atoms with Gasteiger partial charge in [-0.05, 0) is 44.9 Å². The molecule has 5 N–H and O–H groups in total. The molecule has 0 rings (SSSR count). The number of hydrogen-bond acceptors (Lipinski definition) is 6. The van der Waals surface area contributed by atoms with E-state index in [1.54, 1.807) is 6.08 Å². The summed E-state index contributed by atoms with van der Waals surface area (Å²) in [4.78, 5) is 22.8. The minimum atomic E-state index is -4.35. The Hall–Kier alpha value is -1.28. The maximum absolute atomic E-state index is 12.8. The molecule has 0 spiro atoms. The fraction of sp³-hybridized carbons (Fsp3) is 0.854. The minimum Gasteiger partial charge on any atom is -0.387 e. The summed E-state index contributed by atoms with van der Waals surface area (Å²) in [6.07, 6.45) is 53.5. The maximum Gasteiger partial charge on any atom is 0.472 e. The van der Waals surface area contributed by atoms with Gasteiger partial charge in [0, 0.05) is 13.0 Å². The van der Waals surface area contributed by atoms with Crippen LogP contribution in [-0.4, -0.2) is 47.8 Å². The van der Waals surface area contributed by atoms with E-state index in [9.17, 15) is 19.4 Å². The lowest BCUT2D eigenvalue weighted by Crippen LogP contribution is -2.45. The normalized spacial score (nSPS) is 14.3. The number of carbonyl (C=O) groups is 1. The third kappa shape index (κ3) is 42.6. The van der Waals surface area contributed by atoms with Crippen molar-refractivity contribution in [3.63, 3.8) is 0 Å². The van der Waals surface area contributed by atoms with E-state index in [-0.39, 0.29) is 25.7 Å². The van der Waals surface area contributed by atoms with Gasteiger partial charge in [0.2, 0.25) is 5.91 Å². The number of aliphatic hydroxyl groups excluding tert-OH is 1. The van der Waals surface area contributed by atoms with E-state index in [0.29, 0.717) is 6.42 Å². The monoisotopic (exact) mass is 825 g/mol. The molecule has 57 heavy (non-hydrogen) atoms. The van der Waals surface area contributed by atoms with Gasteiger partial charge in [-0.3, -0.25) is 13.8 Å². The molecule has 0 aromatic rings. The Balaban J connectivity index is 4.14. The van der Waals surface area contributed by atoms with Gasteiger partial charge in [-0.25, -0.2) is 4.57 Å². The molecule has 0 aromatic heterocycles. The highest BCUT2D eigenvalue weighted by atomic mass is 31.2. The largest absolute Gasteiger partial charge is 0.472 e. The summed E-state index contributed by atoms with van der Waals surface area (Å²) >= 11 is 0. The highest BCUT2D eigenvalue weighted by Crippen LogP contribution is 2.43. The average Bonchev–Trinajstić information content (AvgIpc) is 3.20. The van der Waals surface area contributed by atoms with Crippen molar-refractivity contribution in [2.75, 3.05) is 19.8 Å². The summed E-state index contributed by atoms with van der Waals surface area (Å²) in [5.74, 6) is -0.205. The lowest BCUT2D eigenvalue weighted by molar-refractivity contribution is -0.123. The van der Waals surface area contributed by atoms with E-state index >= 15 is 0 Å². The second-order valence-electron chi connectivity index (χ2n) is 16.3. The average molecular weight is 825 g/mol. The number of amides is 1. The number of carbonyl (C=O) groups excluding carboxylic acids is 1. The summed E-state index contributed by atoms with van der Waals surface area (Å²) in [6, 6.07) is -0.880. The molecule has 0 radical (unpaired) electrons. The number of allylic oxidation sites excluding steroid dienone is 5. The van der Waals surface area contributed by atoms with Gasteiger partial charge in [0.15, 0.2) is 0 Å². The molecule has 0 aliphatic rings. The fourth-order valence-corrected chi connectivity index (χ4v) is 7.81. The van der Waals surface area contributed by atoms with E-state index in [4.69, 9.17) is 14.8 Å². The number of nitrogens with one attached hydrogen (secondary N) is 1. The second kappa shape index (κ2) is 44.3. The standard InChI is InChI=1S/C48H93N2O6P/c1-3-5-7-9-11-13-15-17-19-21-22-23-24-25-26-28-30-32-34-36-38-40-42-48(52)50-46(45-56-57(53,54)55-44-43-49)47(51)41-39-37-35-33-31-29-27-20-18-16-14-12-10-8-6-4-2/h18,20,31,33,39,41,46-47,51H,3-17,19,21-30,32,34-38,40,42-45,49H2,1-2H3,(H,50,52)(H,53,54)/b20-18+,33-31+,41-39+. The van der Waals surface area contributed by atoms with Crippen molar-refractivity contribution in [3.05, 3.63) is 36.5 Å². The van der Waals surface area contributed by atoms with Gasteiger partial charge < -0.3 is 21.1 Å². The number of rotatable bonds is 45. The van der Waals surface area contributed by atoms with E-state index in [1.165, 1.54) is 167 Å². The fourth-order valence-electron chi connectivity index (χ4n) is 7.05. The second-order valence-corrected chi connectivity index (χ2v) is 17.8. The lowest BCUT2D eigenvalue weighted by atomic mass is 10.0. The number of hydrogen-bond donors (Lipinski definition) is 4. The Kier molecular flexibility index (Phi) is 43.3. The Morgan fingerprint density at radius 1 is 0.561 bits per heavy atom. The third-order valence-electron chi connectivity index (χ3n) is 10.7. The summed E-state index contributed by atoms with van der Waals surface area (Å²) in [5, 5.41) is 13.7. The van der Waals surface area contributed by atoms with E-state index < -0.39 is 20.0 Å². The van der Waals surface area contributed by atoms with Gasteiger partial charge in [-0.1, -0.05) is 217 Å². The SMILES string of the molecule is CCCCCCCC/C=C/CC/C=C/CC/C=C/C(O)C(COP(=O)(O)OCCN)NC(=O)CCCCCCCCCCCCCCCCCCCCCCCC. The van der Waals surface area contributed by atoms with Gasteiger partial charge in [-0.15, -0.1) is 0 Å². The molecule has 0 aliphatic carbocycles. The molecule has 0 fully saturated rings. The zero-order valence-corrected chi connectivity index (χ0v) is 38.2. The Morgan fingerprint density at radius 3 is 1.35 bits per heavy atom. The van der Waals surface area contributed by atoms with Crippen molar-refractivity contribution in [1.82, 2.24) is 5.32 Å². The maximum atomic E-state index is 12.8. The van der Waals surface area contributed by atoms with Gasteiger partial charge >= 0.3 is 7.82 Å². The molecule has 9 heteroatoms. The van der Waals surface area contributed by atoms with Crippen LogP contribution in [0.2, 0.25) is 0 Å². The van der Waals surface area contributed by atoms with Crippen LogP contribution in [0.5, 0.6) is 0 Å². The molecule has 336 valence electrons. The highest BCUT2D eigenvalue weighted by Gasteiger charge is 2.26. The van der Waals surface area contributed by atoms with E-state index in [1.807, 2.05) is 6.08 Å². The Bertz CT molecular complexity index is 990. The minimum absolute atomic E-state index is 0.0728. The molecule has 8 nitrogen and oxygen atoms in total. The number of phosphoric acid groups is 1. The van der Waals surface area contributed by atoms with Gasteiger partial charge in [0.1, 0.15) is 0 Å². The molecule has 0 saturated heterocycles. The van der Waals surface area contributed by atoms with E-state index in [0.717, 1.165) is 44.9 Å². The van der Waals surface area contributed by atoms with Crippen LogP contribution < -0.4 is 11.1 Å². The molecular weight excluding hydrogens is 732 g/mol. The van der Waals surface area contributed by atoms with Crippen LogP contribution in [0.1, 0.15) is 232 Å². The molecule has 3 atom stereocenters. The predicted molar refractivity (Wildman–Crippen MR) is 244 cm³/mol. The van der Waals surface area contributed by atoms with Crippen LogP contribution in [0.15, 0.2) is 36.5 Å². The first-order valence-corrected chi connectivity index (χ1v) is 25.6. The number of nitrogens with two attached hydrogens (primary N) is 1. The molecule has 3 unspecified atom stereocenters. The smallest absolute Gasteiger partial charge is 0.387 e. The molecule has 0 bridgehead atoms. The van der Waals surface area contributed by atoms with Gasteiger partial charge in [0.25, 0.3) is 0 Å². The first-order valence-electron chi connectivity index (χ1n) is 24.1. The first kappa shape index (κ1) is 55.7. The molecule has 0 heterocycles. The van der Waals surface area contributed by atoms with Gasteiger partial charge in [0.05, 0.1) is 25.4 Å². The molecular formula is C48H93N2O6P. The molecule has 1 amide bonds. The summed E-state index contributed by atoms with van der Waals surface area (Å²) in [7, 11) is -4.35. The van der Waals surface area contributed by atoms with Gasteiger partial charge in [-0.2, -0.15) is 0 Å². The van der Waals surface area contributed by atoms with Crippen molar-refractivity contribution >= 4 is 13.7 Å². The zero-order chi connectivity index (χ0) is 41.8. The van der Waals surface area contributed by atoms with E-state index in [2.05, 4.69) is 43.5 Å². The summed E-state index contributed by atoms with van der Waals surface area (Å²) in [5.41, 5.74) is 5.38. The quantitative estimate of drug-likeness (QED) is 0.0273. The van der Waals surface area contributed by atoms with Crippen LogP contribution in [0.25, 0.3) is 0 Å². The van der Waals surface area contributed by atoms with Crippen molar-refractivity contribution in [3.8, 4) is 0 Å².